The van der Waals surface area contributed by atoms with Crippen molar-refractivity contribution in [3.63, 3.8) is 0 Å². The van der Waals surface area contributed by atoms with E-state index in [1.165, 1.54) is 17.3 Å². The summed E-state index contributed by atoms with van der Waals surface area (Å²) in [5, 5.41) is 7.28. The SMILES string of the molecule is CCCC(CC)Nc1nc(NN)nc(-n2cncn2)n1. The van der Waals surface area contributed by atoms with Gasteiger partial charge in [-0.3, -0.25) is 5.43 Å². The lowest BCUT2D eigenvalue weighted by Crippen LogP contribution is -2.22. The van der Waals surface area contributed by atoms with Gasteiger partial charge in [0.25, 0.3) is 5.95 Å². The van der Waals surface area contributed by atoms with E-state index in [0.29, 0.717) is 17.9 Å². The first kappa shape index (κ1) is 14.1. The van der Waals surface area contributed by atoms with Crippen LogP contribution in [0.1, 0.15) is 33.1 Å². The van der Waals surface area contributed by atoms with Gasteiger partial charge in [0.1, 0.15) is 12.7 Å². The van der Waals surface area contributed by atoms with Crippen LogP contribution in [-0.4, -0.2) is 35.8 Å². The summed E-state index contributed by atoms with van der Waals surface area (Å²) in [6.45, 7) is 4.26. The summed E-state index contributed by atoms with van der Waals surface area (Å²) in [5.41, 5.74) is 2.43. The minimum Gasteiger partial charge on any atom is -0.351 e. The lowest BCUT2D eigenvalue weighted by Gasteiger charge is -2.16. The zero-order chi connectivity index (χ0) is 14.4. The molecule has 0 aromatic carbocycles. The van der Waals surface area contributed by atoms with Crippen LogP contribution in [0.4, 0.5) is 11.9 Å². The number of nitrogens with two attached hydrogens (primary N) is 1. The molecule has 2 heterocycles. The monoisotopic (exact) mass is 277 g/mol. The Kier molecular flexibility index (Phi) is 4.77. The Morgan fingerprint density at radius 1 is 1.25 bits per heavy atom. The van der Waals surface area contributed by atoms with E-state index >= 15 is 0 Å². The van der Waals surface area contributed by atoms with E-state index < -0.39 is 0 Å². The van der Waals surface area contributed by atoms with Crippen molar-refractivity contribution in [1.29, 1.82) is 0 Å². The number of hydrogen-bond donors (Lipinski definition) is 3. The molecule has 0 aliphatic heterocycles. The zero-order valence-corrected chi connectivity index (χ0v) is 11.6. The number of nitrogens with zero attached hydrogens (tertiary/aromatic N) is 6. The first-order valence-corrected chi connectivity index (χ1v) is 6.61. The highest BCUT2D eigenvalue weighted by Gasteiger charge is 2.11. The molecule has 108 valence electrons. The Morgan fingerprint density at radius 3 is 2.65 bits per heavy atom. The maximum atomic E-state index is 5.39. The van der Waals surface area contributed by atoms with Gasteiger partial charge in [-0.2, -0.15) is 24.7 Å². The summed E-state index contributed by atoms with van der Waals surface area (Å²) in [6.07, 6.45) is 6.06. The van der Waals surface area contributed by atoms with E-state index in [1.807, 2.05) is 0 Å². The van der Waals surface area contributed by atoms with Gasteiger partial charge >= 0.3 is 0 Å². The maximum absolute atomic E-state index is 5.39. The van der Waals surface area contributed by atoms with E-state index in [1.54, 1.807) is 0 Å². The van der Waals surface area contributed by atoms with E-state index in [9.17, 15) is 0 Å². The van der Waals surface area contributed by atoms with Crippen LogP contribution in [0.5, 0.6) is 0 Å². The van der Waals surface area contributed by atoms with E-state index in [0.717, 1.165) is 19.3 Å². The molecular weight excluding hydrogens is 258 g/mol. The molecule has 0 bridgehead atoms. The van der Waals surface area contributed by atoms with Crippen molar-refractivity contribution in [2.24, 2.45) is 5.84 Å². The minimum absolute atomic E-state index is 0.277. The van der Waals surface area contributed by atoms with Crippen molar-refractivity contribution in [1.82, 2.24) is 29.7 Å². The van der Waals surface area contributed by atoms with Crippen LogP contribution in [0, 0.1) is 0 Å². The van der Waals surface area contributed by atoms with Crippen molar-refractivity contribution < 1.29 is 0 Å². The highest BCUT2D eigenvalue weighted by Crippen LogP contribution is 2.12. The fourth-order valence-corrected chi connectivity index (χ4v) is 1.82. The molecule has 0 amide bonds. The molecule has 2 aromatic rings. The summed E-state index contributed by atoms with van der Waals surface area (Å²) >= 11 is 0. The number of hydrazine groups is 1. The van der Waals surface area contributed by atoms with Crippen LogP contribution in [0.2, 0.25) is 0 Å². The zero-order valence-electron chi connectivity index (χ0n) is 11.6. The third-order valence-electron chi connectivity index (χ3n) is 2.84. The molecule has 0 saturated heterocycles. The summed E-state index contributed by atoms with van der Waals surface area (Å²) in [7, 11) is 0. The van der Waals surface area contributed by atoms with E-state index in [-0.39, 0.29) is 5.95 Å². The third kappa shape index (κ3) is 3.38. The molecule has 1 atom stereocenters. The van der Waals surface area contributed by atoms with Crippen molar-refractivity contribution in [3.8, 4) is 5.95 Å². The van der Waals surface area contributed by atoms with Crippen LogP contribution in [0.15, 0.2) is 12.7 Å². The lowest BCUT2D eigenvalue weighted by molar-refractivity contribution is 0.616. The summed E-state index contributed by atoms with van der Waals surface area (Å²) < 4.78 is 1.45. The Morgan fingerprint density at radius 2 is 2.05 bits per heavy atom. The fourth-order valence-electron chi connectivity index (χ4n) is 1.82. The molecule has 1 unspecified atom stereocenters. The fraction of sp³-hybridized carbons (Fsp3) is 0.545. The first-order chi connectivity index (χ1) is 9.76. The number of nitrogens with one attached hydrogen (secondary N) is 2. The average molecular weight is 277 g/mol. The Labute approximate surface area is 117 Å². The van der Waals surface area contributed by atoms with Crippen LogP contribution in [0.25, 0.3) is 5.95 Å². The third-order valence-corrected chi connectivity index (χ3v) is 2.84. The highest BCUT2D eigenvalue weighted by atomic mass is 15.4. The lowest BCUT2D eigenvalue weighted by atomic mass is 10.1. The molecular formula is C11H19N9. The minimum atomic E-state index is 0.277. The predicted molar refractivity (Wildman–Crippen MR) is 75.2 cm³/mol. The highest BCUT2D eigenvalue weighted by molar-refractivity contribution is 5.37. The second-order valence-corrected chi connectivity index (χ2v) is 4.31. The molecule has 9 nitrogen and oxygen atoms in total. The van der Waals surface area contributed by atoms with E-state index in [2.05, 4.69) is 49.6 Å². The molecule has 2 rings (SSSR count). The quantitative estimate of drug-likeness (QED) is 0.500. The molecule has 0 fully saturated rings. The maximum Gasteiger partial charge on any atom is 0.258 e. The van der Waals surface area contributed by atoms with Crippen LogP contribution >= 0.6 is 0 Å². The topological polar surface area (TPSA) is 119 Å². The van der Waals surface area contributed by atoms with Crippen LogP contribution in [0.3, 0.4) is 0 Å². The van der Waals surface area contributed by atoms with Crippen molar-refractivity contribution in [2.75, 3.05) is 10.7 Å². The average Bonchev–Trinajstić information content (AvgIpc) is 3.00. The van der Waals surface area contributed by atoms with Gasteiger partial charge in [-0.05, 0) is 12.8 Å². The van der Waals surface area contributed by atoms with Gasteiger partial charge in [-0.1, -0.05) is 20.3 Å². The largest absolute Gasteiger partial charge is 0.351 e. The van der Waals surface area contributed by atoms with Gasteiger partial charge in [0, 0.05) is 6.04 Å². The van der Waals surface area contributed by atoms with Gasteiger partial charge in [-0.25, -0.2) is 10.8 Å². The van der Waals surface area contributed by atoms with Crippen molar-refractivity contribution in [2.45, 2.75) is 39.2 Å². The van der Waals surface area contributed by atoms with Gasteiger partial charge in [0.2, 0.25) is 11.9 Å². The van der Waals surface area contributed by atoms with Crippen molar-refractivity contribution >= 4 is 11.9 Å². The molecule has 0 saturated carbocycles. The molecule has 0 spiro atoms. The smallest absolute Gasteiger partial charge is 0.258 e. The molecule has 0 aliphatic rings. The Hall–Kier alpha value is -2.29. The second-order valence-electron chi connectivity index (χ2n) is 4.31. The normalized spacial score (nSPS) is 12.2. The van der Waals surface area contributed by atoms with Gasteiger partial charge < -0.3 is 5.32 Å². The number of rotatable bonds is 7. The summed E-state index contributed by atoms with van der Waals surface area (Å²) in [5.74, 6) is 6.50. The van der Waals surface area contributed by atoms with Crippen LogP contribution < -0.4 is 16.6 Å². The number of anilines is 2. The predicted octanol–water partition coefficient (Wildman–Crippen LogP) is 0.728. The first-order valence-electron chi connectivity index (χ1n) is 6.61. The molecule has 2 aromatic heterocycles. The molecule has 0 aliphatic carbocycles. The molecule has 0 radical (unpaired) electrons. The number of aromatic nitrogens is 6. The van der Waals surface area contributed by atoms with E-state index in [4.69, 9.17) is 5.84 Å². The second kappa shape index (κ2) is 6.75. The number of nitrogen functional groups attached to an aromatic ring is 1. The molecule has 9 heteroatoms. The van der Waals surface area contributed by atoms with Crippen LogP contribution in [-0.2, 0) is 0 Å². The summed E-state index contributed by atoms with van der Waals surface area (Å²) in [6, 6.07) is 0.316. The van der Waals surface area contributed by atoms with Gasteiger partial charge in [0.05, 0.1) is 0 Å². The van der Waals surface area contributed by atoms with Gasteiger partial charge in [-0.15, -0.1) is 0 Å². The Balaban J connectivity index is 2.26. The molecule has 4 N–H and O–H groups in total. The van der Waals surface area contributed by atoms with Gasteiger partial charge in [0.15, 0.2) is 0 Å². The standard InChI is InChI=1S/C11H19N9/c1-3-5-8(4-2)15-9-16-10(19-12)18-11(17-9)20-7-13-6-14-20/h6-8H,3-5,12H2,1-2H3,(H2,15,16,17,18,19). The van der Waals surface area contributed by atoms with Crippen molar-refractivity contribution in [3.05, 3.63) is 12.7 Å². The number of hydrogen-bond acceptors (Lipinski definition) is 8. The Bertz CT molecular complexity index is 525. The molecule has 20 heavy (non-hydrogen) atoms. The summed E-state index contributed by atoms with van der Waals surface area (Å²) in [4.78, 5) is 16.5.